The maximum Gasteiger partial charge on any atom is 0.311 e. The van der Waals surface area contributed by atoms with E-state index in [0.717, 1.165) is 12.8 Å². The Labute approximate surface area is 122 Å². The Bertz CT molecular complexity index is 451. The van der Waals surface area contributed by atoms with Crippen LogP contribution >= 0.6 is 0 Å². The fourth-order valence-corrected chi connectivity index (χ4v) is 1.60. The van der Waals surface area contributed by atoms with Crippen LogP contribution < -0.4 is 9.47 Å². The van der Waals surface area contributed by atoms with Crippen molar-refractivity contribution in [1.82, 2.24) is 4.98 Å². The van der Waals surface area contributed by atoms with Gasteiger partial charge in [0.05, 0.1) is 0 Å². The molecule has 1 aromatic heterocycles. The van der Waals surface area contributed by atoms with Gasteiger partial charge in [-0.05, 0) is 12.8 Å². The van der Waals surface area contributed by atoms with Crippen molar-refractivity contribution in [1.29, 1.82) is 0 Å². The van der Waals surface area contributed by atoms with Gasteiger partial charge in [0.15, 0.2) is 0 Å². The zero-order valence-corrected chi connectivity index (χ0v) is 12.3. The highest BCUT2D eigenvalue weighted by Crippen LogP contribution is 2.44. The van der Waals surface area contributed by atoms with E-state index in [2.05, 4.69) is 4.98 Å². The van der Waals surface area contributed by atoms with E-state index in [9.17, 15) is 19.8 Å². The Kier molecular flexibility index (Phi) is 6.58. The van der Waals surface area contributed by atoms with Crippen molar-refractivity contribution in [2.45, 2.75) is 52.4 Å². The molecule has 0 amide bonds. The third kappa shape index (κ3) is 5.02. The first-order chi connectivity index (χ1) is 9.99. The van der Waals surface area contributed by atoms with E-state index in [1.165, 1.54) is 0 Å². The van der Waals surface area contributed by atoms with Gasteiger partial charge in [-0.3, -0.25) is 14.6 Å². The van der Waals surface area contributed by atoms with Gasteiger partial charge in [0.2, 0.25) is 23.3 Å². The Hall–Kier alpha value is -2.18. The molecule has 0 saturated carbocycles. The molecule has 21 heavy (non-hydrogen) atoms. The number of unbranched alkanes of at least 4 members (excludes halogenated alkanes) is 2. The van der Waals surface area contributed by atoms with Crippen molar-refractivity contribution in [3.8, 4) is 23.3 Å². The molecular weight excluding hydrogens is 278 g/mol. The van der Waals surface area contributed by atoms with Crippen LogP contribution in [0.25, 0.3) is 0 Å². The van der Waals surface area contributed by atoms with Crippen molar-refractivity contribution < 1.29 is 29.3 Å². The van der Waals surface area contributed by atoms with Gasteiger partial charge in [0.25, 0.3) is 0 Å². The van der Waals surface area contributed by atoms with E-state index in [4.69, 9.17) is 9.47 Å². The highest BCUT2D eigenvalue weighted by molar-refractivity contribution is 5.78. The predicted octanol–water partition coefficient (Wildman–Crippen LogP) is 2.62. The van der Waals surface area contributed by atoms with E-state index in [0.29, 0.717) is 12.8 Å². The first-order valence-corrected chi connectivity index (χ1v) is 7.04. The summed E-state index contributed by atoms with van der Waals surface area (Å²) in [6, 6.07) is 0. The Morgan fingerprint density at radius 3 is 1.62 bits per heavy atom. The van der Waals surface area contributed by atoms with Gasteiger partial charge in [-0.2, -0.15) is 0 Å². The number of carbonyl (C=O) groups is 2. The van der Waals surface area contributed by atoms with Crippen molar-refractivity contribution in [3.63, 3.8) is 0 Å². The molecule has 0 aliphatic carbocycles. The first kappa shape index (κ1) is 16.9. The lowest BCUT2D eigenvalue weighted by molar-refractivity contribution is -0.137. The van der Waals surface area contributed by atoms with Gasteiger partial charge >= 0.3 is 11.9 Å². The number of rotatable bonds is 8. The number of aromatic hydroxyl groups is 2. The average Bonchev–Trinajstić information content (AvgIpc) is 2.69. The SMILES string of the molecule is CCCCC(=O)Oc1c(O)[nH]c(O)c1OC(=O)CCCC. The molecule has 0 radical (unpaired) electrons. The van der Waals surface area contributed by atoms with Crippen LogP contribution in [0.4, 0.5) is 0 Å². The third-order valence-corrected chi connectivity index (χ3v) is 2.77. The van der Waals surface area contributed by atoms with Crippen LogP contribution in [-0.2, 0) is 9.59 Å². The van der Waals surface area contributed by atoms with Crippen LogP contribution in [0.5, 0.6) is 23.3 Å². The summed E-state index contributed by atoms with van der Waals surface area (Å²) in [6.07, 6.45) is 3.26. The van der Waals surface area contributed by atoms with Gasteiger partial charge in [0, 0.05) is 12.8 Å². The molecule has 0 aromatic carbocycles. The van der Waals surface area contributed by atoms with Gasteiger partial charge < -0.3 is 19.7 Å². The second-order valence-electron chi connectivity index (χ2n) is 4.64. The smallest absolute Gasteiger partial charge is 0.311 e. The summed E-state index contributed by atoms with van der Waals surface area (Å²) >= 11 is 0. The van der Waals surface area contributed by atoms with Crippen LogP contribution in [0.15, 0.2) is 0 Å². The summed E-state index contributed by atoms with van der Waals surface area (Å²) < 4.78 is 9.89. The highest BCUT2D eigenvalue weighted by Gasteiger charge is 2.24. The third-order valence-electron chi connectivity index (χ3n) is 2.77. The zero-order valence-electron chi connectivity index (χ0n) is 12.3. The molecule has 0 aliphatic rings. The molecule has 0 saturated heterocycles. The van der Waals surface area contributed by atoms with Gasteiger partial charge in [-0.15, -0.1) is 0 Å². The number of ether oxygens (including phenoxy) is 2. The molecule has 0 spiro atoms. The molecule has 7 nitrogen and oxygen atoms in total. The maximum absolute atomic E-state index is 11.6. The molecule has 0 unspecified atom stereocenters. The van der Waals surface area contributed by atoms with E-state index in [-0.39, 0.29) is 24.3 Å². The predicted molar refractivity (Wildman–Crippen MR) is 74.4 cm³/mol. The van der Waals surface area contributed by atoms with Crippen LogP contribution in [0, 0.1) is 0 Å². The molecule has 0 aliphatic heterocycles. The molecular formula is C14H21NO6. The van der Waals surface area contributed by atoms with Crippen molar-refractivity contribution in [3.05, 3.63) is 0 Å². The monoisotopic (exact) mass is 299 g/mol. The average molecular weight is 299 g/mol. The van der Waals surface area contributed by atoms with Crippen LogP contribution in [-0.4, -0.2) is 27.1 Å². The fraction of sp³-hybridized carbons (Fsp3) is 0.571. The minimum absolute atomic E-state index is 0.172. The summed E-state index contributed by atoms with van der Waals surface area (Å²) in [5.41, 5.74) is 0. The van der Waals surface area contributed by atoms with Gasteiger partial charge in [0.1, 0.15) is 0 Å². The fourth-order valence-electron chi connectivity index (χ4n) is 1.60. The topological polar surface area (TPSA) is 109 Å². The number of nitrogens with one attached hydrogen (secondary N) is 1. The number of aromatic amines is 1. The largest absolute Gasteiger partial charge is 0.492 e. The Morgan fingerprint density at radius 1 is 0.905 bits per heavy atom. The highest BCUT2D eigenvalue weighted by atomic mass is 16.6. The lowest BCUT2D eigenvalue weighted by Crippen LogP contribution is -2.11. The number of esters is 2. The summed E-state index contributed by atoms with van der Waals surface area (Å²) in [5, 5.41) is 19.2. The number of H-pyrrole nitrogens is 1. The number of hydrogen-bond acceptors (Lipinski definition) is 6. The van der Waals surface area contributed by atoms with Crippen molar-refractivity contribution in [2.75, 3.05) is 0 Å². The zero-order chi connectivity index (χ0) is 15.8. The standard InChI is InChI=1S/C14H21NO6/c1-3-5-7-9(16)20-11-12(14(19)15-13(11)18)21-10(17)8-6-4-2/h15,18-19H,3-8H2,1-2H3. The lowest BCUT2D eigenvalue weighted by atomic mass is 10.2. The normalized spacial score (nSPS) is 10.4. The van der Waals surface area contributed by atoms with Gasteiger partial charge in [-0.25, -0.2) is 0 Å². The van der Waals surface area contributed by atoms with E-state index < -0.39 is 23.7 Å². The summed E-state index contributed by atoms with van der Waals surface area (Å²) in [4.78, 5) is 25.3. The molecule has 1 heterocycles. The number of hydrogen-bond donors (Lipinski definition) is 3. The summed E-state index contributed by atoms with van der Waals surface area (Å²) in [7, 11) is 0. The Morgan fingerprint density at radius 2 is 1.29 bits per heavy atom. The minimum atomic E-state index is -0.572. The molecule has 3 N–H and O–H groups in total. The molecule has 0 bridgehead atoms. The quantitative estimate of drug-likeness (QED) is 0.637. The van der Waals surface area contributed by atoms with E-state index in [1.807, 2.05) is 13.8 Å². The number of carbonyl (C=O) groups excluding carboxylic acids is 2. The molecule has 118 valence electrons. The second kappa shape index (κ2) is 8.18. The van der Waals surface area contributed by atoms with Crippen LogP contribution in [0.1, 0.15) is 52.4 Å². The molecule has 7 heteroatoms. The first-order valence-electron chi connectivity index (χ1n) is 7.04. The lowest BCUT2D eigenvalue weighted by Gasteiger charge is -2.06. The molecule has 0 atom stereocenters. The number of aromatic nitrogens is 1. The second-order valence-corrected chi connectivity index (χ2v) is 4.64. The van der Waals surface area contributed by atoms with E-state index >= 15 is 0 Å². The minimum Gasteiger partial charge on any atom is -0.492 e. The molecule has 0 fully saturated rings. The van der Waals surface area contributed by atoms with Gasteiger partial charge in [-0.1, -0.05) is 26.7 Å². The summed E-state index contributed by atoms with van der Waals surface area (Å²) in [5.74, 6) is -2.99. The Balaban J connectivity index is 2.79. The van der Waals surface area contributed by atoms with Crippen molar-refractivity contribution >= 4 is 11.9 Å². The van der Waals surface area contributed by atoms with Crippen molar-refractivity contribution in [2.24, 2.45) is 0 Å². The summed E-state index contributed by atoms with van der Waals surface area (Å²) in [6.45, 7) is 3.85. The maximum atomic E-state index is 11.6. The van der Waals surface area contributed by atoms with Crippen LogP contribution in [0.2, 0.25) is 0 Å². The molecule has 1 rings (SSSR count). The molecule has 1 aromatic rings. The van der Waals surface area contributed by atoms with E-state index in [1.54, 1.807) is 0 Å². The van der Waals surface area contributed by atoms with Crippen LogP contribution in [0.3, 0.4) is 0 Å².